The second-order valence-electron chi connectivity index (χ2n) is 7.19. The highest BCUT2D eigenvalue weighted by atomic mass is 32.1. The summed E-state index contributed by atoms with van der Waals surface area (Å²) in [5.74, 6) is 1.24. The summed E-state index contributed by atoms with van der Waals surface area (Å²) in [5.41, 5.74) is 1.60. The van der Waals surface area contributed by atoms with Crippen molar-refractivity contribution >= 4 is 28.5 Å². The molecule has 1 N–H and O–H groups in total. The smallest absolute Gasteiger partial charge is 0.268 e. The van der Waals surface area contributed by atoms with E-state index in [2.05, 4.69) is 22.1 Å². The summed E-state index contributed by atoms with van der Waals surface area (Å²) >= 11 is 1.27. The molecule has 1 amide bonds. The Labute approximate surface area is 208 Å². The number of aryl methyl sites for hydroxylation is 1. The summed E-state index contributed by atoms with van der Waals surface area (Å²) in [5, 5.41) is 21.1. The lowest BCUT2D eigenvalue weighted by Crippen LogP contribution is -2.13. The fourth-order valence-corrected chi connectivity index (χ4v) is 3.77. The van der Waals surface area contributed by atoms with Gasteiger partial charge in [0.25, 0.3) is 5.91 Å². The van der Waals surface area contributed by atoms with Crippen molar-refractivity contribution in [3.63, 3.8) is 0 Å². The number of methoxy groups -OCH3 is 1. The van der Waals surface area contributed by atoms with Gasteiger partial charge in [0, 0.05) is 0 Å². The van der Waals surface area contributed by atoms with Gasteiger partial charge in [-0.2, -0.15) is 5.26 Å². The number of hydrogen-bond acceptors (Lipinski definition) is 8. The lowest BCUT2D eigenvalue weighted by atomic mass is 10.1. The lowest BCUT2D eigenvalue weighted by Gasteiger charge is -2.13. The molecule has 0 aliphatic heterocycles. The van der Waals surface area contributed by atoms with Crippen LogP contribution in [0.3, 0.4) is 0 Å². The monoisotopic (exact) mass is 490 g/mol. The molecule has 9 heteroatoms. The van der Waals surface area contributed by atoms with Crippen LogP contribution in [-0.4, -0.2) is 36.4 Å². The summed E-state index contributed by atoms with van der Waals surface area (Å²) in [6, 6.07) is 14.9. The highest BCUT2D eigenvalue weighted by molar-refractivity contribution is 7.15. The van der Waals surface area contributed by atoms with Gasteiger partial charge in [0.15, 0.2) is 11.5 Å². The number of rotatable bonds is 12. The number of nitrogens with zero attached hydrogens (tertiary/aromatic N) is 3. The van der Waals surface area contributed by atoms with E-state index in [-0.39, 0.29) is 5.57 Å². The summed E-state index contributed by atoms with van der Waals surface area (Å²) in [6.07, 6.45) is 4.75. The van der Waals surface area contributed by atoms with Crippen molar-refractivity contribution in [2.45, 2.75) is 19.8 Å². The SMILES string of the molecule is C=CCc1ccccc1OCCOc1ccc(/C=C(/C#N)C(=O)Nc2nnc(CC)s2)cc1OC. The summed E-state index contributed by atoms with van der Waals surface area (Å²) in [6.45, 7) is 6.38. The van der Waals surface area contributed by atoms with Gasteiger partial charge in [-0.3, -0.25) is 10.1 Å². The number of para-hydroxylation sites is 1. The zero-order valence-electron chi connectivity index (χ0n) is 19.6. The average Bonchev–Trinajstić information content (AvgIpc) is 3.34. The van der Waals surface area contributed by atoms with E-state index in [0.717, 1.165) is 29.2 Å². The van der Waals surface area contributed by atoms with Crippen molar-refractivity contribution in [2.75, 3.05) is 25.6 Å². The molecule has 0 unspecified atom stereocenters. The molecule has 0 radical (unpaired) electrons. The van der Waals surface area contributed by atoms with Gasteiger partial charge in [-0.1, -0.05) is 48.6 Å². The third kappa shape index (κ3) is 7.16. The summed E-state index contributed by atoms with van der Waals surface area (Å²) in [7, 11) is 1.52. The zero-order valence-corrected chi connectivity index (χ0v) is 20.4. The second kappa shape index (κ2) is 12.9. The van der Waals surface area contributed by atoms with E-state index >= 15 is 0 Å². The quantitative estimate of drug-likeness (QED) is 0.168. The molecule has 1 aromatic heterocycles. The Balaban J connectivity index is 1.62. The minimum atomic E-state index is -0.556. The van der Waals surface area contributed by atoms with Crippen molar-refractivity contribution in [2.24, 2.45) is 0 Å². The van der Waals surface area contributed by atoms with Crippen LogP contribution in [0.25, 0.3) is 6.08 Å². The Bertz CT molecular complexity index is 1250. The number of anilines is 1. The minimum absolute atomic E-state index is 0.0689. The molecule has 1 heterocycles. The van der Waals surface area contributed by atoms with Crippen molar-refractivity contribution in [1.29, 1.82) is 5.26 Å². The van der Waals surface area contributed by atoms with Gasteiger partial charge >= 0.3 is 0 Å². The van der Waals surface area contributed by atoms with Crippen LogP contribution in [-0.2, 0) is 17.6 Å². The van der Waals surface area contributed by atoms with Gasteiger partial charge in [0.1, 0.15) is 35.6 Å². The van der Waals surface area contributed by atoms with Crippen LogP contribution in [0.2, 0.25) is 0 Å². The molecule has 0 aliphatic rings. The van der Waals surface area contributed by atoms with Gasteiger partial charge in [-0.05, 0) is 48.2 Å². The Hall–Kier alpha value is -4.16. The molecule has 0 atom stereocenters. The van der Waals surface area contributed by atoms with E-state index in [1.807, 2.05) is 43.3 Å². The van der Waals surface area contributed by atoms with Crippen LogP contribution in [0, 0.1) is 11.3 Å². The molecule has 3 rings (SSSR count). The lowest BCUT2D eigenvalue weighted by molar-refractivity contribution is -0.112. The van der Waals surface area contributed by atoms with E-state index in [9.17, 15) is 10.1 Å². The molecule has 2 aromatic carbocycles. The van der Waals surface area contributed by atoms with Crippen LogP contribution in [0.5, 0.6) is 17.2 Å². The Morgan fingerprint density at radius 1 is 1.14 bits per heavy atom. The molecule has 0 saturated carbocycles. The van der Waals surface area contributed by atoms with Gasteiger partial charge in [0.2, 0.25) is 5.13 Å². The van der Waals surface area contributed by atoms with Gasteiger partial charge in [0.05, 0.1) is 7.11 Å². The van der Waals surface area contributed by atoms with Crippen LogP contribution in [0.1, 0.15) is 23.1 Å². The third-order valence-electron chi connectivity index (χ3n) is 4.79. The first-order valence-electron chi connectivity index (χ1n) is 11.0. The average molecular weight is 491 g/mol. The van der Waals surface area contributed by atoms with E-state index in [0.29, 0.717) is 35.4 Å². The van der Waals surface area contributed by atoms with Gasteiger partial charge in [-0.25, -0.2) is 0 Å². The predicted octanol–water partition coefficient (Wildman–Crippen LogP) is 4.84. The molecule has 0 fully saturated rings. The standard InChI is InChI=1S/C26H26N4O4S/c1-4-8-19-9-6-7-10-21(19)33-13-14-34-22-12-11-18(16-23(22)32-3)15-20(17-27)25(31)28-26-30-29-24(5-2)35-26/h4,6-7,9-12,15-16H,1,5,8,13-14H2,2-3H3,(H,28,30,31)/b20-15-. The third-order valence-corrected chi connectivity index (χ3v) is 5.77. The van der Waals surface area contributed by atoms with E-state index in [4.69, 9.17) is 14.2 Å². The molecule has 35 heavy (non-hydrogen) atoms. The Morgan fingerprint density at radius 3 is 2.60 bits per heavy atom. The fourth-order valence-electron chi connectivity index (χ4n) is 3.09. The maximum absolute atomic E-state index is 12.5. The van der Waals surface area contributed by atoms with E-state index in [1.165, 1.54) is 24.5 Å². The van der Waals surface area contributed by atoms with Crippen molar-refractivity contribution in [3.05, 3.63) is 76.8 Å². The van der Waals surface area contributed by atoms with Crippen molar-refractivity contribution in [1.82, 2.24) is 10.2 Å². The maximum atomic E-state index is 12.5. The maximum Gasteiger partial charge on any atom is 0.268 e. The van der Waals surface area contributed by atoms with E-state index in [1.54, 1.807) is 18.2 Å². The number of allylic oxidation sites excluding steroid dienone is 1. The van der Waals surface area contributed by atoms with Crippen LogP contribution in [0.15, 0.2) is 60.7 Å². The number of nitriles is 1. The summed E-state index contributed by atoms with van der Waals surface area (Å²) in [4.78, 5) is 12.5. The molecule has 0 spiro atoms. The number of ether oxygens (including phenoxy) is 3. The van der Waals surface area contributed by atoms with Crippen LogP contribution < -0.4 is 19.5 Å². The Kier molecular flexibility index (Phi) is 9.39. The van der Waals surface area contributed by atoms with Gasteiger partial charge in [-0.15, -0.1) is 16.8 Å². The molecular weight excluding hydrogens is 464 g/mol. The topological polar surface area (TPSA) is 106 Å². The molecule has 180 valence electrons. The number of carbonyl (C=O) groups excluding carboxylic acids is 1. The highest BCUT2D eigenvalue weighted by Gasteiger charge is 2.13. The van der Waals surface area contributed by atoms with Crippen molar-refractivity contribution < 1.29 is 19.0 Å². The Morgan fingerprint density at radius 2 is 1.91 bits per heavy atom. The number of amides is 1. The number of nitrogens with one attached hydrogen (secondary N) is 1. The minimum Gasteiger partial charge on any atom is -0.493 e. The van der Waals surface area contributed by atoms with E-state index < -0.39 is 5.91 Å². The molecule has 0 aliphatic carbocycles. The first kappa shape index (κ1) is 25.5. The molecular formula is C26H26N4O4S. The zero-order chi connectivity index (χ0) is 25.0. The van der Waals surface area contributed by atoms with Crippen LogP contribution >= 0.6 is 11.3 Å². The largest absolute Gasteiger partial charge is 0.493 e. The number of hydrogen-bond donors (Lipinski definition) is 1. The number of carbonyl (C=O) groups is 1. The molecule has 3 aromatic rings. The predicted molar refractivity (Wildman–Crippen MR) is 136 cm³/mol. The van der Waals surface area contributed by atoms with Gasteiger partial charge < -0.3 is 14.2 Å². The first-order valence-corrected chi connectivity index (χ1v) is 11.8. The molecule has 8 nitrogen and oxygen atoms in total. The number of benzene rings is 2. The van der Waals surface area contributed by atoms with Crippen molar-refractivity contribution in [3.8, 4) is 23.3 Å². The summed E-state index contributed by atoms with van der Waals surface area (Å²) < 4.78 is 17.1. The fraction of sp³-hybridized carbons (Fsp3) is 0.231. The second-order valence-corrected chi connectivity index (χ2v) is 8.25. The highest BCUT2D eigenvalue weighted by Crippen LogP contribution is 2.29. The normalized spacial score (nSPS) is 10.8. The number of aromatic nitrogens is 2. The molecule has 0 saturated heterocycles. The molecule has 0 bridgehead atoms. The van der Waals surface area contributed by atoms with Crippen LogP contribution in [0.4, 0.5) is 5.13 Å². The first-order chi connectivity index (χ1) is 17.1.